The molecule has 2 aromatic rings. The first-order chi connectivity index (χ1) is 9.65. The van der Waals surface area contributed by atoms with E-state index in [9.17, 15) is 10.2 Å². The lowest BCUT2D eigenvalue weighted by Crippen LogP contribution is -2.32. The number of phenols is 1. The van der Waals surface area contributed by atoms with Crippen LogP contribution in [0.15, 0.2) is 48.7 Å². The molecular weight excluding hydrogens is 252 g/mol. The van der Waals surface area contributed by atoms with Gasteiger partial charge in [-0.3, -0.25) is 4.98 Å². The number of aromatic hydroxyl groups is 1. The van der Waals surface area contributed by atoms with E-state index in [1.165, 1.54) is 0 Å². The number of benzene rings is 1. The Morgan fingerprint density at radius 3 is 2.55 bits per heavy atom. The van der Waals surface area contributed by atoms with Gasteiger partial charge in [-0.05, 0) is 43.2 Å². The third-order valence-corrected chi connectivity index (χ3v) is 3.17. The molecule has 4 heteroatoms. The maximum atomic E-state index is 10.0. The van der Waals surface area contributed by atoms with Crippen LogP contribution < -0.4 is 5.32 Å². The Bertz CT molecular complexity index is 514. The van der Waals surface area contributed by atoms with Gasteiger partial charge in [-0.15, -0.1) is 0 Å². The first-order valence-electron chi connectivity index (χ1n) is 6.75. The summed E-state index contributed by atoms with van der Waals surface area (Å²) in [7, 11) is 0. The van der Waals surface area contributed by atoms with E-state index in [0.717, 1.165) is 12.0 Å². The van der Waals surface area contributed by atoms with Crippen LogP contribution >= 0.6 is 0 Å². The number of nitrogens with zero attached hydrogens (tertiary/aromatic N) is 1. The molecule has 0 amide bonds. The van der Waals surface area contributed by atoms with E-state index >= 15 is 0 Å². The summed E-state index contributed by atoms with van der Waals surface area (Å²) in [6.45, 7) is 2.54. The number of pyridine rings is 1. The molecule has 2 rings (SSSR count). The molecule has 0 saturated carbocycles. The van der Waals surface area contributed by atoms with Gasteiger partial charge in [0.05, 0.1) is 5.69 Å². The number of phenolic OH excluding ortho intramolecular Hbond substituents is 1. The van der Waals surface area contributed by atoms with Crippen molar-refractivity contribution >= 4 is 0 Å². The summed E-state index contributed by atoms with van der Waals surface area (Å²) in [5.41, 5.74) is 1.83. The molecule has 4 nitrogen and oxygen atoms in total. The second-order valence-corrected chi connectivity index (χ2v) is 4.95. The maximum absolute atomic E-state index is 10.0. The van der Waals surface area contributed by atoms with Crippen LogP contribution in [-0.4, -0.2) is 27.8 Å². The van der Waals surface area contributed by atoms with E-state index < -0.39 is 6.10 Å². The van der Waals surface area contributed by atoms with Gasteiger partial charge in [-0.25, -0.2) is 0 Å². The summed E-state index contributed by atoms with van der Waals surface area (Å²) < 4.78 is 0. The van der Waals surface area contributed by atoms with Gasteiger partial charge in [0.25, 0.3) is 0 Å². The lowest BCUT2D eigenvalue weighted by molar-refractivity contribution is 0.166. The SMILES string of the molecule is C[C@H](Cc1ccc(O)cc1)NCC(O)c1ccccn1. The molecular formula is C16H20N2O2. The zero-order chi connectivity index (χ0) is 14.4. The van der Waals surface area contributed by atoms with E-state index in [0.29, 0.717) is 12.2 Å². The van der Waals surface area contributed by atoms with Crippen molar-refractivity contribution < 1.29 is 10.2 Å². The van der Waals surface area contributed by atoms with Crippen molar-refractivity contribution in [2.24, 2.45) is 0 Å². The second-order valence-electron chi connectivity index (χ2n) is 4.95. The summed E-state index contributed by atoms with van der Waals surface area (Å²) in [5, 5.41) is 22.5. The fourth-order valence-electron chi connectivity index (χ4n) is 2.05. The standard InChI is InChI=1S/C16H20N2O2/c1-12(10-13-5-7-14(19)8-6-13)18-11-16(20)15-4-2-3-9-17-15/h2-9,12,16,18-20H,10-11H2,1H3/t12-,16?/m1/s1. The minimum atomic E-state index is -0.599. The highest BCUT2D eigenvalue weighted by molar-refractivity contribution is 5.26. The predicted molar refractivity (Wildman–Crippen MR) is 78.5 cm³/mol. The highest BCUT2D eigenvalue weighted by Gasteiger charge is 2.10. The summed E-state index contributed by atoms with van der Waals surface area (Å²) in [6.07, 6.45) is 1.92. The molecule has 2 atom stereocenters. The van der Waals surface area contributed by atoms with Gasteiger partial charge < -0.3 is 15.5 Å². The lowest BCUT2D eigenvalue weighted by Gasteiger charge is -2.17. The molecule has 0 radical (unpaired) electrons. The van der Waals surface area contributed by atoms with Gasteiger partial charge in [0.1, 0.15) is 11.9 Å². The fraction of sp³-hybridized carbons (Fsp3) is 0.312. The van der Waals surface area contributed by atoms with Gasteiger partial charge in [-0.1, -0.05) is 18.2 Å². The molecule has 1 heterocycles. The molecule has 1 unspecified atom stereocenters. The normalized spacial score (nSPS) is 13.9. The molecule has 0 aliphatic carbocycles. The Labute approximate surface area is 119 Å². The molecule has 1 aromatic heterocycles. The van der Waals surface area contributed by atoms with E-state index in [-0.39, 0.29) is 11.8 Å². The second kappa shape index (κ2) is 7.03. The zero-order valence-corrected chi connectivity index (χ0v) is 11.5. The highest BCUT2D eigenvalue weighted by Crippen LogP contribution is 2.12. The van der Waals surface area contributed by atoms with Crippen molar-refractivity contribution in [1.29, 1.82) is 0 Å². The fourth-order valence-corrected chi connectivity index (χ4v) is 2.05. The quantitative estimate of drug-likeness (QED) is 0.753. The molecule has 0 fully saturated rings. The van der Waals surface area contributed by atoms with E-state index in [2.05, 4.69) is 17.2 Å². The van der Waals surface area contributed by atoms with Crippen LogP contribution in [-0.2, 0) is 6.42 Å². The molecule has 0 saturated heterocycles. The van der Waals surface area contributed by atoms with Gasteiger partial charge in [0.15, 0.2) is 0 Å². The number of aliphatic hydroxyl groups excluding tert-OH is 1. The molecule has 106 valence electrons. The minimum absolute atomic E-state index is 0.234. The van der Waals surface area contributed by atoms with Crippen molar-refractivity contribution in [1.82, 2.24) is 10.3 Å². The van der Waals surface area contributed by atoms with Gasteiger partial charge >= 0.3 is 0 Å². The number of hydrogen-bond donors (Lipinski definition) is 3. The van der Waals surface area contributed by atoms with Crippen LogP contribution in [0.3, 0.4) is 0 Å². The summed E-state index contributed by atoms with van der Waals surface area (Å²) in [4.78, 5) is 4.13. The number of nitrogens with one attached hydrogen (secondary N) is 1. The van der Waals surface area contributed by atoms with Crippen molar-refractivity contribution in [2.45, 2.75) is 25.5 Å². The molecule has 1 aromatic carbocycles. The van der Waals surface area contributed by atoms with Crippen LogP contribution in [0.1, 0.15) is 24.3 Å². The van der Waals surface area contributed by atoms with Crippen molar-refractivity contribution in [3.63, 3.8) is 0 Å². The number of hydrogen-bond acceptors (Lipinski definition) is 4. The average Bonchev–Trinajstić information content (AvgIpc) is 2.48. The van der Waals surface area contributed by atoms with Crippen LogP contribution in [0, 0.1) is 0 Å². The molecule has 20 heavy (non-hydrogen) atoms. The smallest absolute Gasteiger partial charge is 0.115 e. The number of aromatic nitrogens is 1. The maximum Gasteiger partial charge on any atom is 0.115 e. The van der Waals surface area contributed by atoms with Crippen molar-refractivity contribution in [3.8, 4) is 5.75 Å². The van der Waals surface area contributed by atoms with Crippen LogP contribution in [0.5, 0.6) is 5.75 Å². The van der Waals surface area contributed by atoms with Crippen molar-refractivity contribution in [3.05, 3.63) is 59.9 Å². The van der Waals surface area contributed by atoms with Gasteiger partial charge in [-0.2, -0.15) is 0 Å². The largest absolute Gasteiger partial charge is 0.508 e. The summed E-state index contributed by atoms with van der Waals surface area (Å²) >= 11 is 0. The summed E-state index contributed by atoms with van der Waals surface area (Å²) in [6, 6.07) is 12.9. The molecule has 0 aliphatic heterocycles. The Hall–Kier alpha value is -1.91. The third-order valence-electron chi connectivity index (χ3n) is 3.17. The summed E-state index contributed by atoms with van der Waals surface area (Å²) in [5.74, 6) is 0.278. The number of rotatable bonds is 6. The highest BCUT2D eigenvalue weighted by atomic mass is 16.3. The van der Waals surface area contributed by atoms with E-state index in [4.69, 9.17) is 0 Å². The monoisotopic (exact) mass is 272 g/mol. The molecule has 0 aliphatic rings. The Balaban J connectivity index is 1.80. The molecule has 3 N–H and O–H groups in total. The average molecular weight is 272 g/mol. The number of aliphatic hydroxyl groups is 1. The van der Waals surface area contributed by atoms with E-state index in [1.807, 2.05) is 30.3 Å². The Morgan fingerprint density at radius 2 is 1.90 bits per heavy atom. The van der Waals surface area contributed by atoms with Gasteiger partial charge in [0, 0.05) is 18.8 Å². The first-order valence-corrected chi connectivity index (χ1v) is 6.75. The van der Waals surface area contributed by atoms with Crippen LogP contribution in [0.4, 0.5) is 0 Å². The van der Waals surface area contributed by atoms with Crippen molar-refractivity contribution in [2.75, 3.05) is 6.54 Å². The van der Waals surface area contributed by atoms with E-state index in [1.54, 1.807) is 18.3 Å². The third kappa shape index (κ3) is 4.33. The Kier molecular flexibility index (Phi) is 5.09. The minimum Gasteiger partial charge on any atom is -0.508 e. The van der Waals surface area contributed by atoms with Crippen LogP contribution in [0.25, 0.3) is 0 Å². The van der Waals surface area contributed by atoms with Gasteiger partial charge in [0.2, 0.25) is 0 Å². The molecule has 0 spiro atoms. The Morgan fingerprint density at radius 1 is 1.15 bits per heavy atom. The molecule has 0 bridgehead atoms. The van der Waals surface area contributed by atoms with Crippen LogP contribution in [0.2, 0.25) is 0 Å². The first kappa shape index (κ1) is 14.5. The predicted octanol–water partition coefficient (Wildman–Crippen LogP) is 2.04. The lowest BCUT2D eigenvalue weighted by atomic mass is 10.1. The topological polar surface area (TPSA) is 65.4 Å². The zero-order valence-electron chi connectivity index (χ0n) is 11.5.